The number of aryl methyl sites for hydroxylation is 1. The molecule has 6 heteroatoms. The normalized spacial score (nSPS) is 10.5. The highest BCUT2D eigenvalue weighted by Gasteiger charge is 2.19. The number of aromatic carboxylic acids is 1. The second-order valence-electron chi connectivity index (χ2n) is 2.96. The van der Waals surface area contributed by atoms with Crippen LogP contribution in [0.3, 0.4) is 0 Å². The van der Waals surface area contributed by atoms with Gasteiger partial charge in [-0.2, -0.15) is 5.10 Å². The molecule has 2 heterocycles. The first-order valence-corrected chi connectivity index (χ1v) is 4.88. The third kappa shape index (κ3) is 1.68. The maximum Gasteiger partial charge on any atom is 0.339 e. The minimum absolute atomic E-state index is 0.124. The van der Waals surface area contributed by atoms with Crippen LogP contribution in [0.4, 0.5) is 0 Å². The van der Waals surface area contributed by atoms with Crippen LogP contribution in [0.2, 0.25) is 0 Å². The summed E-state index contributed by atoms with van der Waals surface area (Å²) in [5.74, 6) is -0.551. The van der Waals surface area contributed by atoms with Gasteiger partial charge in [-0.1, -0.05) is 0 Å². The Kier molecular flexibility index (Phi) is 2.36. The molecule has 0 amide bonds. The largest absolute Gasteiger partial charge is 0.478 e. The summed E-state index contributed by atoms with van der Waals surface area (Å²) in [5, 5.41) is 12.8. The molecule has 0 radical (unpaired) electrons. The van der Waals surface area contributed by atoms with E-state index in [4.69, 9.17) is 9.52 Å². The molecule has 2 aromatic heterocycles. The topological polar surface area (TPSA) is 68.3 Å². The van der Waals surface area contributed by atoms with Gasteiger partial charge in [0.15, 0.2) is 5.76 Å². The predicted molar refractivity (Wildman–Crippen MR) is 55.6 cm³/mol. The van der Waals surface area contributed by atoms with Gasteiger partial charge >= 0.3 is 5.97 Å². The molecule has 15 heavy (non-hydrogen) atoms. The highest BCUT2D eigenvalue weighted by atomic mass is 79.9. The molecule has 0 spiro atoms. The van der Waals surface area contributed by atoms with Crippen molar-refractivity contribution in [1.29, 1.82) is 0 Å². The first-order chi connectivity index (χ1) is 7.09. The summed E-state index contributed by atoms with van der Waals surface area (Å²) in [6.07, 6.45) is 2.79. The molecule has 0 fully saturated rings. The Hall–Kier alpha value is -1.56. The maximum absolute atomic E-state index is 10.9. The molecule has 78 valence electrons. The Balaban J connectivity index is 2.60. The SMILES string of the molecule is Cn1ncc(C(=O)O)c1-c1cc(Br)co1. The first kappa shape index (κ1) is 9.97. The molecular formula is C9H7BrN2O3. The Labute approximate surface area is 93.4 Å². The molecule has 2 aromatic rings. The summed E-state index contributed by atoms with van der Waals surface area (Å²) < 4.78 is 7.44. The monoisotopic (exact) mass is 270 g/mol. The lowest BCUT2D eigenvalue weighted by Gasteiger charge is -1.98. The number of nitrogens with zero attached hydrogens (tertiary/aromatic N) is 2. The van der Waals surface area contributed by atoms with Crippen molar-refractivity contribution in [3.63, 3.8) is 0 Å². The molecule has 0 aliphatic carbocycles. The second kappa shape index (κ2) is 3.54. The maximum atomic E-state index is 10.9. The summed E-state index contributed by atoms with van der Waals surface area (Å²) in [7, 11) is 1.66. The zero-order valence-corrected chi connectivity index (χ0v) is 9.35. The third-order valence-electron chi connectivity index (χ3n) is 1.97. The molecule has 0 bridgehead atoms. The van der Waals surface area contributed by atoms with E-state index in [1.54, 1.807) is 13.1 Å². The molecular weight excluding hydrogens is 264 g/mol. The zero-order valence-electron chi connectivity index (χ0n) is 7.77. The van der Waals surface area contributed by atoms with Crippen LogP contribution in [-0.2, 0) is 7.05 Å². The fourth-order valence-electron chi connectivity index (χ4n) is 1.32. The molecule has 5 nitrogen and oxygen atoms in total. The van der Waals surface area contributed by atoms with Crippen LogP contribution in [0, 0.1) is 0 Å². The fraction of sp³-hybridized carbons (Fsp3) is 0.111. The van der Waals surface area contributed by atoms with E-state index >= 15 is 0 Å². The molecule has 1 N–H and O–H groups in total. The van der Waals surface area contributed by atoms with Crippen molar-refractivity contribution in [3.05, 3.63) is 28.6 Å². The van der Waals surface area contributed by atoms with Crippen molar-refractivity contribution in [2.45, 2.75) is 0 Å². The van der Waals surface area contributed by atoms with Crippen molar-refractivity contribution >= 4 is 21.9 Å². The number of furan rings is 1. The number of aromatic nitrogens is 2. The summed E-state index contributed by atoms with van der Waals surface area (Å²) >= 11 is 3.23. The van der Waals surface area contributed by atoms with E-state index in [1.807, 2.05) is 0 Å². The van der Waals surface area contributed by atoms with Crippen LogP contribution in [0.15, 0.2) is 27.4 Å². The van der Waals surface area contributed by atoms with Crippen LogP contribution in [-0.4, -0.2) is 20.9 Å². The smallest absolute Gasteiger partial charge is 0.339 e. The van der Waals surface area contributed by atoms with E-state index in [0.717, 1.165) is 4.47 Å². The minimum Gasteiger partial charge on any atom is -0.478 e. The quantitative estimate of drug-likeness (QED) is 0.908. The van der Waals surface area contributed by atoms with E-state index in [9.17, 15) is 4.79 Å². The number of carboxylic acids is 1. The zero-order chi connectivity index (χ0) is 11.0. The van der Waals surface area contributed by atoms with Gasteiger partial charge in [-0.15, -0.1) is 0 Å². The number of carbonyl (C=O) groups is 1. The molecule has 0 unspecified atom stereocenters. The second-order valence-corrected chi connectivity index (χ2v) is 3.88. The summed E-state index contributed by atoms with van der Waals surface area (Å²) in [6.45, 7) is 0. The van der Waals surface area contributed by atoms with Gasteiger partial charge in [0.25, 0.3) is 0 Å². The van der Waals surface area contributed by atoms with Gasteiger partial charge in [-0.3, -0.25) is 4.68 Å². The number of rotatable bonds is 2. The highest BCUT2D eigenvalue weighted by Crippen LogP contribution is 2.27. The van der Waals surface area contributed by atoms with Gasteiger partial charge in [0.2, 0.25) is 0 Å². The van der Waals surface area contributed by atoms with Gasteiger partial charge < -0.3 is 9.52 Å². The van der Waals surface area contributed by atoms with E-state index < -0.39 is 5.97 Å². The van der Waals surface area contributed by atoms with E-state index in [0.29, 0.717) is 11.5 Å². The lowest BCUT2D eigenvalue weighted by molar-refractivity contribution is 0.0697. The van der Waals surface area contributed by atoms with E-state index in [1.165, 1.54) is 17.1 Å². The van der Waals surface area contributed by atoms with Crippen LogP contribution in [0.25, 0.3) is 11.5 Å². The van der Waals surface area contributed by atoms with Gasteiger partial charge in [-0.25, -0.2) is 4.79 Å². The molecule has 0 atom stereocenters. The first-order valence-electron chi connectivity index (χ1n) is 4.09. The standard InChI is InChI=1S/C9H7BrN2O3/c1-12-8(6(3-11-12)9(13)14)7-2-5(10)4-15-7/h2-4H,1H3,(H,13,14). The highest BCUT2D eigenvalue weighted by molar-refractivity contribution is 9.10. The van der Waals surface area contributed by atoms with Crippen LogP contribution in [0.1, 0.15) is 10.4 Å². The van der Waals surface area contributed by atoms with Crippen LogP contribution in [0.5, 0.6) is 0 Å². The number of hydrogen-bond acceptors (Lipinski definition) is 3. The predicted octanol–water partition coefficient (Wildman–Crippen LogP) is 2.14. The Morgan fingerprint density at radius 1 is 1.67 bits per heavy atom. The Bertz CT molecular complexity index is 515. The van der Waals surface area contributed by atoms with Gasteiger partial charge in [-0.05, 0) is 15.9 Å². The molecule has 2 rings (SSSR count). The molecule has 0 aromatic carbocycles. The third-order valence-corrected chi connectivity index (χ3v) is 2.39. The van der Waals surface area contributed by atoms with Crippen LogP contribution >= 0.6 is 15.9 Å². The Morgan fingerprint density at radius 2 is 2.40 bits per heavy atom. The average Bonchev–Trinajstić information content (AvgIpc) is 2.71. The van der Waals surface area contributed by atoms with Crippen molar-refractivity contribution in [1.82, 2.24) is 9.78 Å². The summed E-state index contributed by atoms with van der Waals surface area (Å²) in [4.78, 5) is 10.9. The summed E-state index contributed by atoms with van der Waals surface area (Å²) in [5.41, 5.74) is 0.576. The summed E-state index contributed by atoms with van der Waals surface area (Å²) in [6, 6.07) is 1.70. The number of carboxylic acid groups (broad SMARTS) is 1. The van der Waals surface area contributed by atoms with Crippen molar-refractivity contribution in [3.8, 4) is 11.5 Å². The fourth-order valence-corrected chi connectivity index (χ4v) is 1.62. The van der Waals surface area contributed by atoms with Gasteiger partial charge in [0.1, 0.15) is 17.5 Å². The van der Waals surface area contributed by atoms with Crippen molar-refractivity contribution in [2.75, 3.05) is 0 Å². The van der Waals surface area contributed by atoms with E-state index in [-0.39, 0.29) is 5.56 Å². The molecule has 0 aliphatic rings. The molecule has 0 aliphatic heterocycles. The van der Waals surface area contributed by atoms with Gasteiger partial charge in [0.05, 0.1) is 10.7 Å². The van der Waals surface area contributed by atoms with E-state index in [2.05, 4.69) is 21.0 Å². The molecule has 0 saturated heterocycles. The van der Waals surface area contributed by atoms with Crippen molar-refractivity contribution < 1.29 is 14.3 Å². The van der Waals surface area contributed by atoms with Crippen LogP contribution < -0.4 is 0 Å². The Morgan fingerprint density at radius 3 is 2.93 bits per heavy atom. The lowest BCUT2D eigenvalue weighted by Crippen LogP contribution is -1.99. The van der Waals surface area contributed by atoms with Gasteiger partial charge in [0, 0.05) is 13.1 Å². The number of halogens is 1. The molecule has 0 saturated carbocycles. The minimum atomic E-state index is -1.02. The average molecular weight is 271 g/mol. The lowest BCUT2D eigenvalue weighted by atomic mass is 10.2. The number of hydrogen-bond donors (Lipinski definition) is 1. The van der Waals surface area contributed by atoms with Crippen molar-refractivity contribution in [2.24, 2.45) is 7.05 Å².